The van der Waals surface area contributed by atoms with Gasteiger partial charge in [0.2, 0.25) is 0 Å². The Balaban J connectivity index is 1.64. The fourth-order valence-corrected chi connectivity index (χ4v) is 3.03. The number of pyridine rings is 1. The van der Waals surface area contributed by atoms with Gasteiger partial charge in [0.1, 0.15) is 11.4 Å². The van der Waals surface area contributed by atoms with Crippen LogP contribution in [0.2, 0.25) is 5.02 Å². The summed E-state index contributed by atoms with van der Waals surface area (Å²) in [7, 11) is 1.57. The summed E-state index contributed by atoms with van der Waals surface area (Å²) in [5.74, 6) is 0.317. The van der Waals surface area contributed by atoms with Crippen LogP contribution in [0.4, 0.5) is 11.4 Å². The molecule has 3 rings (SSSR count). The van der Waals surface area contributed by atoms with Crippen molar-refractivity contribution in [3.8, 4) is 5.75 Å². The number of aromatic nitrogens is 1. The average molecular weight is 396 g/mol. The molecular formula is C22H22ClN3O2. The van der Waals surface area contributed by atoms with Crippen LogP contribution in [0.25, 0.3) is 0 Å². The van der Waals surface area contributed by atoms with Crippen molar-refractivity contribution in [2.45, 2.75) is 13.3 Å². The van der Waals surface area contributed by atoms with Gasteiger partial charge in [0, 0.05) is 23.5 Å². The number of anilines is 2. The van der Waals surface area contributed by atoms with Crippen molar-refractivity contribution in [2.24, 2.45) is 0 Å². The van der Waals surface area contributed by atoms with E-state index < -0.39 is 0 Å². The standard InChI is InChI=1S/C22H22ClN3O2/c1-15-6-7-21(28-2)19(12-15)26-22(27)20-14-18(9-11-25-20)24-10-8-16-4-3-5-17(23)13-16/h3-7,9,11-14H,8,10H2,1-2H3,(H,24,25)(H,26,27). The van der Waals surface area contributed by atoms with Crippen LogP contribution in [0.5, 0.6) is 5.75 Å². The number of nitrogens with zero attached hydrogens (tertiary/aromatic N) is 1. The van der Waals surface area contributed by atoms with Gasteiger partial charge in [0.05, 0.1) is 12.8 Å². The molecule has 0 spiro atoms. The summed E-state index contributed by atoms with van der Waals surface area (Å²) in [6.45, 7) is 2.68. The van der Waals surface area contributed by atoms with Gasteiger partial charge in [-0.1, -0.05) is 29.8 Å². The molecule has 0 saturated carbocycles. The predicted octanol–water partition coefficient (Wildman–Crippen LogP) is 4.96. The first-order chi connectivity index (χ1) is 13.5. The van der Waals surface area contributed by atoms with Gasteiger partial charge in [-0.25, -0.2) is 0 Å². The molecular weight excluding hydrogens is 374 g/mol. The highest BCUT2D eigenvalue weighted by Gasteiger charge is 2.12. The summed E-state index contributed by atoms with van der Waals surface area (Å²) in [5.41, 5.74) is 3.96. The van der Waals surface area contributed by atoms with Gasteiger partial charge in [-0.15, -0.1) is 0 Å². The lowest BCUT2D eigenvalue weighted by atomic mass is 10.1. The van der Waals surface area contributed by atoms with E-state index in [2.05, 4.69) is 15.6 Å². The maximum absolute atomic E-state index is 12.6. The lowest BCUT2D eigenvalue weighted by Gasteiger charge is -2.12. The summed E-state index contributed by atoms with van der Waals surface area (Å²) in [5, 5.41) is 6.91. The number of carbonyl (C=O) groups is 1. The Bertz CT molecular complexity index is 976. The Morgan fingerprint density at radius 2 is 2.00 bits per heavy atom. The molecule has 0 aliphatic heterocycles. The summed E-state index contributed by atoms with van der Waals surface area (Å²) in [6.07, 6.45) is 2.44. The van der Waals surface area contributed by atoms with Crippen molar-refractivity contribution >= 4 is 28.9 Å². The number of benzene rings is 2. The van der Waals surface area contributed by atoms with E-state index in [1.54, 1.807) is 19.4 Å². The van der Waals surface area contributed by atoms with E-state index in [1.165, 1.54) is 0 Å². The zero-order chi connectivity index (χ0) is 19.9. The van der Waals surface area contributed by atoms with Crippen LogP contribution in [-0.4, -0.2) is 24.5 Å². The lowest BCUT2D eigenvalue weighted by Crippen LogP contribution is -2.15. The molecule has 2 aromatic carbocycles. The smallest absolute Gasteiger partial charge is 0.274 e. The summed E-state index contributed by atoms with van der Waals surface area (Å²) in [4.78, 5) is 16.8. The third-order valence-electron chi connectivity index (χ3n) is 4.23. The molecule has 0 fully saturated rings. The van der Waals surface area contributed by atoms with Gasteiger partial charge >= 0.3 is 0 Å². The van der Waals surface area contributed by atoms with E-state index in [-0.39, 0.29) is 5.91 Å². The minimum atomic E-state index is -0.289. The normalized spacial score (nSPS) is 10.4. The molecule has 1 amide bonds. The van der Waals surface area contributed by atoms with Crippen molar-refractivity contribution in [3.05, 3.63) is 82.6 Å². The molecule has 0 aliphatic rings. The first kappa shape index (κ1) is 19.7. The predicted molar refractivity (Wildman–Crippen MR) is 114 cm³/mol. The second-order valence-corrected chi connectivity index (χ2v) is 6.83. The largest absolute Gasteiger partial charge is 0.495 e. The van der Waals surface area contributed by atoms with E-state index in [0.717, 1.165) is 34.8 Å². The summed E-state index contributed by atoms with van der Waals surface area (Å²) < 4.78 is 5.31. The van der Waals surface area contributed by atoms with Crippen LogP contribution in [0.15, 0.2) is 60.8 Å². The molecule has 0 aliphatic carbocycles. The highest BCUT2D eigenvalue weighted by atomic mass is 35.5. The zero-order valence-electron chi connectivity index (χ0n) is 15.8. The molecule has 0 saturated heterocycles. The molecule has 2 N–H and O–H groups in total. The molecule has 0 bridgehead atoms. The van der Waals surface area contributed by atoms with Gasteiger partial charge in [0.15, 0.2) is 0 Å². The van der Waals surface area contributed by atoms with Crippen molar-refractivity contribution in [1.29, 1.82) is 0 Å². The van der Waals surface area contributed by atoms with Crippen LogP contribution in [0, 0.1) is 6.92 Å². The Kier molecular flexibility index (Phi) is 6.50. The first-order valence-electron chi connectivity index (χ1n) is 8.95. The average Bonchev–Trinajstić information content (AvgIpc) is 2.68. The zero-order valence-corrected chi connectivity index (χ0v) is 16.6. The molecule has 0 radical (unpaired) electrons. The molecule has 3 aromatic rings. The number of aryl methyl sites for hydroxylation is 1. The van der Waals surface area contributed by atoms with Crippen molar-refractivity contribution in [3.63, 3.8) is 0 Å². The topological polar surface area (TPSA) is 63.2 Å². The molecule has 6 heteroatoms. The summed E-state index contributed by atoms with van der Waals surface area (Å²) in [6, 6.07) is 17.0. The van der Waals surface area contributed by atoms with E-state index in [4.69, 9.17) is 16.3 Å². The third-order valence-corrected chi connectivity index (χ3v) is 4.46. The number of carbonyl (C=O) groups excluding carboxylic acids is 1. The molecule has 0 unspecified atom stereocenters. The fraction of sp³-hybridized carbons (Fsp3) is 0.182. The number of nitrogens with one attached hydrogen (secondary N) is 2. The number of rotatable bonds is 7. The van der Waals surface area contributed by atoms with E-state index in [0.29, 0.717) is 17.1 Å². The highest BCUT2D eigenvalue weighted by Crippen LogP contribution is 2.25. The van der Waals surface area contributed by atoms with Crippen LogP contribution < -0.4 is 15.4 Å². The summed E-state index contributed by atoms with van der Waals surface area (Å²) >= 11 is 6.01. The Labute approximate surface area is 169 Å². The minimum absolute atomic E-state index is 0.289. The van der Waals surface area contributed by atoms with Crippen LogP contribution in [0.1, 0.15) is 21.6 Å². The van der Waals surface area contributed by atoms with Gasteiger partial charge in [-0.2, -0.15) is 0 Å². The van der Waals surface area contributed by atoms with E-state index in [9.17, 15) is 4.79 Å². The molecule has 0 atom stereocenters. The Morgan fingerprint density at radius 3 is 2.79 bits per heavy atom. The monoisotopic (exact) mass is 395 g/mol. The fourth-order valence-electron chi connectivity index (χ4n) is 2.81. The Hall–Kier alpha value is -3.05. The quantitative estimate of drug-likeness (QED) is 0.593. The third kappa shape index (κ3) is 5.24. The van der Waals surface area contributed by atoms with Gasteiger partial charge in [0.25, 0.3) is 5.91 Å². The molecule has 144 valence electrons. The molecule has 1 aromatic heterocycles. The number of ether oxygens (including phenoxy) is 1. The van der Waals surface area contributed by atoms with Crippen LogP contribution in [0.3, 0.4) is 0 Å². The number of methoxy groups -OCH3 is 1. The maximum Gasteiger partial charge on any atom is 0.274 e. The number of hydrogen-bond acceptors (Lipinski definition) is 4. The van der Waals surface area contributed by atoms with Crippen LogP contribution >= 0.6 is 11.6 Å². The molecule has 1 heterocycles. The molecule has 28 heavy (non-hydrogen) atoms. The number of halogens is 1. The van der Waals surface area contributed by atoms with E-state index >= 15 is 0 Å². The second kappa shape index (κ2) is 9.24. The van der Waals surface area contributed by atoms with E-state index in [1.807, 2.05) is 55.5 Å². The van der Waals surface area contributed by atoms with Gasteiger partial charge in [-0.3, -0.25) is 9.78 Å². The second-order valence-electron chi connectivity index (χ2n) is 6.39. The SMILES string of the molecule is COc1ccc(C)cc1NC(=O)c1cc(NCCc2cccc(Cl)c2)ccn1. The van der Waals surface area contributed by atoms with Crippen LogP contribution in [-0.2, 0) is 6.42 Å². The lowest BCUT2D eigenvalue weighted by molar-refractivity contribution is 0.102. The number of amides is 1. The molecule has 5 nitrogen and oxygen atoms in total. The van der Waals surface area contributed by atoms with Crippen molar-refractivity contribution < 1.29 is 9.53 Å². The Morgan fingerprint density at radius 1 is 1.14 bits per heavy atom. The first-order valence-corrected chi connectivity index (χ1v) is 9.33. The maximum atomic E-state index is 12.6. The van der Waals surface area contributed by atoms with Crippen molar-refractivity contribution in [2.75, 3.05) is 24.3 Å². The van der Waals surface area contributed by atoms with Crippen molar-refractivity contribution in [1.82, 2.24) is 4.98 Å². The number of hydrogen-bond donors (Lipinski definition) is 2. The highest BCUT2D eigenvalue weighted by molar-refractivity contribution is 6.30. The van der Waals surface area contributed by atoms with Gasteiger partial charge in [-0.05, 0) is 60.9 Å². The van der Waals surface area contributed by atoms with Gasteiger partial charge < -0.3 is 15.4 Å². The minimum Gasteiger partial charge on any atom is -0.495 e.